The second kappa shape index (κ2) is 5.01. The molecule has 1 aliphatic rings. The molecule has 1 aromatic heterocycles. The number of anilines is 1. The molecule has 1 fully saturated rings. The number of carboxylic acids is 1. The average Bonchev–Trinajstić information content (AvgIpc) is 3.06. The maximum atomic E-state index is 11.8. The van der Waals surface area contributed by atoms with Crippen molar-refractivity contribution in [1.82, 2.24) is 9.36 Å². The molecule has 1 saturated heterocycles. The zero-order valence-corrected chi connectivity index (χ0v) is 11.2. The van der Waals surface area contributed by atoms with Gasteiger partial charge in [0, 0.05) is 18.5 Å². The lowest BCUT2D eigenvalue weighted by Gasteiger charge is -2.10. The van der Waals surface area contributed by atoms with Gasteiger partial charge in [0.15, 0.2) is 0 Å². The van der Waals surface area contributed by atoms with E-state index in [1.54, 1.807) is 0 Å². The normalized spacial score (nSPS) is 18.5. The molecule has 0 aliphatic carbocycles. The highest BCUT2D eigenvalue weighted by Gasteiger charge is 2.36. The van der Waals surface area contributed by atoms with Crippen molar-refractivity contribution in [3.05, 3.63) is 30.3 Å². The van der Waals surface area contributed by atoms with Crippen LogP contribution >= 0.6 is 11.5 Å². The zero-order chi connectivity index (χ0) is 14.1. The van der Waals surface area contributed by atoms with Crippen molar-refractivity contribution in [2.24, 2.45) is 5.92 Å². The Balaban J connectivity index is 1.84. The molecular formula is C13H11N3O3S. The van der Waals surface area contributed by atoms with Gasteiger partial charge < -0.3 is 5.11 Å². The molecule has 0 spiro atoms. The molecule has 0 saturated carbocycles. The van der Waals surface area contributed by atoms with Crippen LogP contribution in [-0.2, 0) is 9.59 Å². The van der Waals surface area contributed by atoms with Crippen LogP contribution in [0.25, 0.3) is 10.6 Å². The second-order valence-electron chi connectivity index (χ2n) is 4.51. The first kappa shape index (κ1) is 12.7. The summed E-state index contributed by atoms with van der Waals surface area (Å²) in [6.45, 7) is 0.138. The Kier molecular flexibility index (Phi) is 3.19. The molecule has 1 aromatic carbocycles. The Morgan fingerprint density at radius 3 is 2.75 bits per heavy atom. The summed E-state index contributed by atoms with van der Waals surface area (Å²) in [4.78, 5) is 28.4. The van der Waals surface area contributed by atoms with E-state index in [1.807, 2.05) is 30.3 Å². The third-order valence-electron chi connectivity index (χ3n) is 3.15. The van der Waals surface area contributed by atoms with Crippen molar-refractivity contribution in [2.75, 3.05) is 11.4 Å². The molecule has 2 aromatic rings. The van der Waals surface area contributed by atoms with Crippen molar-refractivity contribution >= 4 is 29.4 Å². The SMILES string of the molecule is O=C(O)C1CC(=O)N(c2nsc(-c3ccccc3)n2)C1. The largest absolute Gasteiger partial charge is 0.481 e. The van der Waals surface area contributed by atoms with E-state index in [1.165, 1.54) is 16.4 Å². The van der Waals surface area contributed by atoms with E-state index >= 15 is 0 Å². The monoisotopic (exact) mass is 289 g/mol. The molecule has 6 nitrogen and oxygen atoms in total. The minimum atomic E-state index is -0.959. The molecule has 1 atom stereocenters. The number of carbonyl (C=O) groups is 2. The van der Waals surface area contributed by atoms with Gasteiger partial charge in [-0.25, -0.2) is 0 Å². The molecule has 1 N–H and O–H groups in total. The van der Waals surface area contributed by atoms with Crippen LogP contribution in [0.15, 0.2) is 30.3 Å². The molecule has 20 heavy (non-hydrogen) atoms. The Morgan fingerprint density at radius 1 is 1.35 bits per heavy atom. The standard InChI is InChI=1S/C13H11N3O3S/c17-10-6-9(12(18)19)7-16(10)13-14-11(20-15-13)8-4-2-1-3-5-8/h1-5,9H,6-7H2,(H,18,19). The fourth-order valence-electron chi connectivity index (χ4n) is 2.09. The van der Waals surface area contributed by atoms with Gasteiger partial charge in [0.1, 0.15) is 5.01 Å². The van der Waals surface area contributed by atoms with E-state index in [-0.39, 0.29) is 18.9 Å². The first-order valence-electron chi connectivity index (χ1n) is 6.07. The Morgan fingerprint density at radius 2 is 2.10 bits per heavy atom. The maximum absolute atomic E-state index is 11.8. The summed E-state index contributed by atoms with van der Waals surface area (Å²) in [5, 5.41) is 9.68. The number of nitrogens with zero attached hydrogens (tertiary/aromatic N) is 3. The van der Waals surface area contributed by atoms with Crippen LogP contribution < -0.4 is 4.90 Å². The molecule has 0 bridgehead atoms. The summed E-state index contributed by atoms with van der Waals surface area (Å²) in [5.74, 6) is -1.58. The molecule has 3 rings (SSSR count). The summed E-state index contributed by atoms with van der Waals surface area (Å²) in [6.07, 6.45) is 0.00914. The number of carboxylic acid groups (broad SMARTS) is 1. The van der Waals surface area contributed by atoms with E-state index < -0.39 is 11.9 Å². The van der Waals surface area contributed by atoms with Crippen LogP contribution in [0.1, 0.15) is 6.42 Å². The van der Waals surface area contributed by atoms with Gasteiger partial charge in [-0.3, -0.25) is 14.5 Å². The number of aromatic nitrogens is 2. The van der Waals surface area contributed by atoms with E-state index in [0.29, 0.717) is 11.0 Å². The highest BCUT2D eigenvalue weighted by molar-refractivity contribution is 7.09. The topological polar surface area (TPSA) is 83.4 Å². The molecule has 1 amide bonds. The quantitative estimate of drug-likeness (QED) is 0.928. The summed E-state index contributed by atoms with van der Waals surface area (Å²) in [7, 11) is 0. The van der Waals surface area contributed by atoms with Crippen molar-refractivity contribution < 1.29 is 14.7 Å². The van der Waals surface area contributed by atoms with Gasteiger partial charge in [-0.05, 0) is 11.5 Å². The number of rotatable bonds is 3. The van der Waals surface area contributed by atoms with Gasteiger partial charge >= 0.3 is 5.97 Å². The van der Waals surface area contributed by atoms with Gasteiger partial charge in [0.2, 0.25) is 11.9 Å². The van der Waals surface area contributed by atoms with Crippen molar-refractivity contribution in [1.29, 1.82) is 0 Å². The van der Waals surface area contributed by atoms with Crippen LogP contribution in [0.5, 0.6) is 0 Å². The van der Waals surface area contributed by atoms with Crippen LogP contribution in [0, 0.1) is 5.92 Å². The maximum Gasteiger partial charge on any atom is 0.308 e. The molecule has 1 aliphatic heterocycles. The molecule has 1 unspecified atom stereocenters. The minimum absolute atomic E-state index is 0.00914. The number of benzene rings is 1. The lowest BCUT2D eigenvalue weighted by molar-refractivity contribution is -0.141. The Labute approximate surface area is 118 Å². The number of hydrogen-bond donors (Lipinski definition) is 1. The number of aliphatic carboxylic acids is 1. The summed E-state index contributed by atoms with van der Waals surface area (Å²) in [6, 6.07) is 9.54. The van der Waals surface area contributed by atoms with Crippen LogP contribution in [-0.4, -0.2) is 32.9 Å². The van der Waals surface area contributed by atoms with Crippen molar-refractivity contribution in [2.45, 2.75) is 6.42 Å². The summed E-state index contributed by atoms with van der Waals surface area (Å²) >= 11 is 1.20. The van der Waals surface area contributed by atoms with E-state index in [4.69, 9.17) is 5.11 Å². The Bertz CT molecular complexity index is 656. The zero-order valence-electron chi connectivity index (χ0n) is 10.4. The fourth-order valence-corrected chi connectivity index (χ4v) is 2.76. The average molecular weight is 289 g/mol. The van der Waals surface area contributed by atoms with Gasteiger partial charge in [0.05, 0.1) is 5.92 Å². The predicted molar refractivity (Wildman–Crippen MR) is 73.4 cm³/mol. The molecule has 7 heteroatoms. The molecule has 0 radical (unpaired) electrons. The summed E-state index contributed by atoms with van der Waals surface area (Å²) < 4.78 is 4.16. The van der Waals surface area contributed by atoms with Crippen molar-refractivity contribution in [3.8, 4) is 10.6 Å². The highest BCUT2D eigenvalue weighted by Crippen LogP contribution is 2.28. The number of hydrogen-bond acceptors (Lipinski definition) is 5. The first-order chi connectivity index (χ1) is 9.65. The lowest BCUT2D eigenvalue weighted by Crippen LogP contribution is -2.26. The lowest BCUT2D eigenvalue weighted by atomic mass is 10.1. The van der Waals surface area contributed by atoms with Crippen LogP contribution in [0.4, 0.5) is 5.95 Å². The fraction of sp³-hybridized carbons (Fsp3) is 0.231. The molecular weight excluding hydrogens is 278 g/mol. The summed E-state index contributed by atoms with van der Waals surface area (Å²) in [5.41, 5.74) is 0.928. The highest BCUT2D eigenvalue weighted by atomic mass is 32.1. The van der Waals surface area contributed by atoms with Crippen molar-refractivity contribution in [3.63, 3.8) is 0 Å². The van der Waals surface area contributed by atoms with Crippen LogP contribution in [0.3, 0.4) is 0 Å². The van der Waals surface area contributed by atoms with Crippen LogP contribution in [0.2, 0.25) is 0 Å². The van der Waals surface area contributed by atoms with Gasteiger partial charge in [-0.2, -0.15) is 9.36 Å². The molecule has 2 heterocycles. The van der Waals surface area contributed by atoms with E-state index in [9.17, 15) is 9.59 Å². The minimum Gasteiger partial charge on any atom is -0.481 e. The third-order valence-corrected chi connectivity index (χ3v) is 3.91. The molecule has 102 valence electrons. The van der Waals surface area contributed by atoms with E-state index in [2.05, 4.69) is 9.36 Å². The van der Waals surface area contributed by atoms with Gasteiger partial charge in [-0.15, -0.1) is 0 Å². The third kappa shape index (κ3) is 2.27. The Hall–Kier alpha value is -2.28. The number of amides is 1. The second-order valence-corrected chi connectivity index (χ2v) is 5.26. The van der Waals surface area contributed by atoms with E-state index in [0.717, 1.165) is 5.56 Å². The smallest absolute Gasteiger partial charge is 0.308 e. The number of carbonyl (C=O) groups excluding carboxylic acids is 1. The predicted octanol–water partition coefficient (Wildman–Crippen LogP) is 1.64. The first-order valence-corrected chi connectivity index (χ1v) is 6.85. The van der Waals surface area contributed by atoms with Gasteiger partial charge in [0.25, 0.3) is 0 Å². The van der Waals surface area contributed by atoms with Gasteiger partial charge in [-0.1, -0.05) is 30.3 Å².